The number of piperidine rings is 1. The number of amides is 2. The highest BCUT2D eigenvalue weighted by Gasteiger charge is 2.24. The van der Waals surface area contributed by atoms with E-state index in [0.29, 0.717) is 25.6 Å². The van der Waals surface area contributed by atoms with Crippen LogP contribution in [0.3, 0.4) is 0 Å². The van der Waals surface area contributed by atoms with Gasteiger partial charge in [-0.25, -0.2) is 4.79 Å². The first-order valence-electron chi connectivity index (χ1n) is 10.2. The molecule has 2 amide bonds. The second kappa shape index (κ2) is 9.92. The fourth-order valence-electron chi connectivity index (χ4n) is 3.51. The lowest BCUT2D eigenvalue weighted by Gasteiger charge is -2.33. The van der Waals surface area contributed by atoms with Crippen LogP contribution in [0, 0.1) is 12.8 Å². The Kier molecular flexibility index (Phi) is 7.87. The minimum absolute atomic E-state index is 0.141. The molecule has 1 N–H and O–H groups in total. The van der Waals surface area contributed by atoms with Gasteiger partial charge in [-0.2, -0.15) is 0 Å². The summed E-state index contributed by atoms with van der Waals surface area (Å²) in [7, 11) is 0. The summed E-state index contributed by atoms with van der Waals surface area (Å²) in [6, 6.07) is 8.01. The molecule has 0 radical (unpaired) electrons. The number of anilines is 1. The molecule has 1 aromatic carbocycles. The molecule has 1 fully saturated rings. The number of alkyl carbamates (subject to hydrolysis) is 1. The van der Waals surface area contributed by atoms with Gasteiger partial charge in [0.1, 0.15) is 5.60 Å². The van der Waals surface area contributed by atoms with E-state index in [-0.39, 0.29) is 12.0 Å². The van der Waals surface area contributed by atoms with Gasteiger partial charge in [-0.15, -0.1) is 0 Å². The number of nitrogens with one attached hydrogen (secondary N) is 1. The second-order valence-corrected chi connectivity index (χ2v) is 8.53. The van der Waals surface area contributed by atoms with Crippen LogP contribution >= 0.6 is 0 Å². The van der Waals surface area contributed by atoms with Crippen LogP contribution in [0.4, 0.5) is 10.5 Å². The molecule has 0 unspecified atom stereocenters. The Hall–Kier alpha value is -2.08. The lowest BCUT2D eigenvalue weighted by molar-refractivity contribution is -0.120. The highest BCUT2D eigenvalue weighted by atomic mass is 16.6. The van der Waals surface area contributed by atoms with Crippen molar-refractivity contribution in [2.45, 2.75) is 53.1 Å². The van der Waals surface area contributed by atoms with E-state index < -0.39 is 5.60 Å². The van der Waals surface area contributed by atoms with Crippen molar-refractivity contribution in [3.63, 3.8) is 0 Å². The fraction of sp³-hybridized carbons (Fsp3) is 0.636. The second-order valence-electron chi connectivity index (χ2n) is 8.53. The van der Waals surface area contributed by atoms with Crippen molar-refractivity contribution in [2.24, 2.45) is 5.92 Å². The topological polar surface area (TPSA) is 61.9 Å². The summed E-state index contributed by atoms with van der Waals surface area (Å²) >= 11 is 0. The molecular formula is C22H35N3O3. The molecule has 0 bridgehead atoms. The first-order chi connectivity index (χ1) is 13.2. The smallest absolute Gasteiger partial charge is 0.407 e. The van der Waals surface area contributed by atoms with Crippen LogP contribution in [0.1, 0.15) is 46.1 Å². The van der Waals surface area contributed by atoms with Gasteiger partial charge in [0.15, 0.2) is 0 Å². The Labute approximate surface area is 169 Å². The Morgan fingerprint density at radius 3 is 2.43 bits per heavy atom. The number of hydrogen-bond acceptors (Lipinski definition) is 4. The number of benzene rings is 1. The molecule has 0 atom stereocenters. The number of carbonyl (C=O) groups excluding carboxylic acids is 2. The molecule has 0 spiro atoms. The van der Waals surface area contributed by atoms with Gasteiger partial charge < -0.3 is 15.0 Å². The summed E-state index contributed by atoms with van der Waals surface area (Å²) in [4.78, 5) is 28.7. The Bertz CT molecular complexity index is 661. The molecule has 28 heavy (non-hydrogen) atoms. The van der Waals surface area contributed by atoms with Gasteiger partial charge in [-0.3, -0.25) is 9.69 Å². The molecule has 1 heterocycles. The van der Waals surface area contributed by atoms with E-state index in [2.05, 4.69) is 10.2 Å². The van der Waals surface area contributed by atoms with Crippen molar-refractivity contribution in [3.8, 4) is 0 Å². The van der Waals surface area contributed by atoms with Crippen LogP contribution in [0.15, 0.2) is 24.3 Å². The van der Waals surface area contributed by atoms with E-state index in [1.54, 1.807) is 0 Å². The van der Waals surface area contributed by atoms with Crippen LogP contribution in [0.5, 0.6) is 0 Å². The molecule has 0 saturated carbocycles. The van der Waals surface area contributed by atoms with Crippen molar-refractivity contribution in [3.05, 3.63) is 29.8 Å². The van der Waals surface area contributed by atoms with Crippen molar-refractivity contribution in [2.75, 3.05) is 37.6 Å². The van der Waals surface area contributed by atoms with Crippen molar-refractivity contribution in [1.82, 2.24) is 10.2 Å². The number of likely N-dealkylation sites (N-methyl/N-ethyl adjacent to an activating group) is 1. The summed E-state index contributed by atoms with van der Waals surface area (Å²) in [5.74, 6) is 0.569. The van der Waals surface area contributed by atoms with E-state index in [1.165, 1.54) is 0 Å². The fourth-order valence-corrected chi connectivity index (χ4v) is 3.51. The third kappa shape index (κ3) is 6.82. The Morgan fingerprint density at radius 2 is 1.86 bits per heavy atom. The molecule has 0 aliphatic carbocycles. The van der Waals surface area contributed by atoms with Gasteiger partial charge in [0.05, 0.1) is 6.54 Å². The van der Waals surface area contributed by atoms with Gasteiger partial charge in [0.25, 0.3) is 0 Å². The maximum atomic E-state index is 12.8. The maximum absolute atomic E-state index is 12.8. The first kappa shape index (κ1) is 22.2. The average molecular weight is 390 g/mol. The number of hydrogen-bond donors (Lipinski definition) is 1. The van der Waals surface area contributed by atoms with E-state index in [4.69, 9.17) is 4.74 Å². The van der Waals surface area contributed by atoms with E-state index in [9.17, 15) is 9.59 Å². The Balaban J connectivity index is 1.78. The lowest BCUT2D eigenvalue weighted by atomic mass is 9.97. The van der Waals surface area contributed by atoms with Crippen LogP contribution < -0.4 is 10.2 Å². The predicted octanol–water partition coefficient (Wildman–Crippen LogP) is 3.58. The number of likely N-dealkylation sites (tertiary alicyclic amines) is 1. The molecule has 1 aromatic rings. The van der Waals surface area contributed by atoms with Crippen LogP contribution in [-0.2, 0) is 9.53 Å². The lowest BCUT2D eigenvalue weighted by Crippen LogP contribution is -2.45. The van der Waals surface area contributed by atoms with Gasteiger partial charge >= 0.3 is 6.09 Å². The summed E-state index contributed by atoms with van der Waals surface area (Å²) < 4.78 is 5.28. The van der Waals surface area contributed by atoms with Crippen molar-refractivity contribution < 1.29 is 14.3 Å². The summed E-state index contributed by atoms with van der Waals surface area (Å²) in [6.45, 7) is 13.1. The third-order valence-electron chi connectivity index (χ3n) is 5.02. The normalized spacial score (nSPS) is 15.9. The minimum Gasteiger partial charge on any atom is -0.444 e. The van der Waals surface area contributed by atoms with Crippen molar-refractivity contribution >= 4 is 17.7 Å². The molecule has 1 aliphatic heterocycles. The zero-order chi connectivity index (χ0) is 20.7. The molecular weight excluding hydrogens is 354 g/mol. The quantitative estimate of drug-likeness (QED) is 0.808. The molecule has 156 valence electrons. The van der Waals surface area contributed by atoms with Gasteiger partial charge in [-0.1, -0.05) is 18.2 Å². The first-order valence-corrected chi connectivity index (χ1v) is 10.2. The molecule has 6 nitrogen and oxygen atoms in total. The number of para-hydroxylation sites is 1. The van der Waals surface area contributed by atoms with E-state index in [0.717, 1.165) is 37.2 Å². The highest BCUT2D eigenvalue weighted by molar-refractivity contribution is 5.95. The monoisotopic (exact) mass is 389 g/mol. The summed E-state index contributed by atoms with van der Waals surface area (Å²) in [6.07, 6.45) is 1.58. The van der Waals surface area contributed by atoms with Crippen LogP contribution in [0.25, 0.3) is 0 Å². The summed E-state index contributed by atoms with van der Waals surface area (Å²) in [5, 5.41) is 2.86. The zero-order valence-corrected chi connectivity index (χ0v) is 18.0. The van der Waals surface area contributed by atoms with Crippen molar-refractivity contribution in [1.29, 1.82) is 0 Å². The summed E-state index contributed by atoms with van der Waals surface area (Å²) in [5.41, 5.74) is 1.63. The van der Waals surface area contributed by atoms with E-state index in [1.807, 2.05) is 63.8 Å². The highest BCUT2D eigenvalue weighted by Crippen LogP contribution is 2.21. The number of aryl methyl sites for hydroxylation is 1. The number of nitrogens with zero attached hydrogens (tertiary/aromatic N) is 2. The van der Waals surface area contributed by atoms with Gasteiger partial charge in [-0.05, 0) is 78.1 Å². The zero-order valence-electron chi connectivity index (χ0n) is 18.0. The Morgan fingerprint density at radius 1 is 1.21 bits per heavy atom. The number of ether oxygens (including phenoxy) is 1. The SMILES string of the molecule is CCN(C(=O)CN1CCC(CNC(=O)OC(C)(C)C)CC1)c1ccccc1C. The van der Waals surface area contributed by atoms with Crippen LogP contribution in [0.2, 0.25) is 0 Å². The number of carbonyl (C=O) groups is 2. The molecule has 1 aliphatic rings. The number of rotatable bonds is 6. The largest absolute Gasteiger partial charge is 0.444 e. The predicted molar refractivity (Wildman–Crippen MR) is 113 cm³/mol. The standard InChI is InChI=1S/C22H35N3O3/c1-6-25(19-10-8-7-9-17(19)2)20(26)16-24-13-11-18(12-14-24)15-23-21(27)28-22(3,4)5/h7-10,18H,6,11-16H2,1-5H3,(H,23,27). The van der Waals surface area contributed by atoms with E-state index >= 15 is 0 Å². The molecule has 1 saturated heterocycles. The molecule has 2 rings (SSSR count). The maximum Gasteiger partial charge on any atom is 0.407 e. The van der Waals surface area contributed by atoms with Gasteiger partial charge in [0.2, 0.25) is 5.91 Å². The van der Waals surface area contributed by atoms with Gasteiger partial charge in [0, 0.05) is 18.8 Å². The third-order valence-corrected chi connectivity index (χ3v) is 5.02. The minimum atomic E-state index is -0.476. The molecule has 6 heteroatoms. The molecule has 0 aromatic heterocycles. The van der Waals surface area contributed by atoms with Crippen LogP contribution in [-0.4, -0.2) is 55.2 Å². The average Bonchev–Trinajstić information content (AvgIpc) is 2.62.